The molecule has 0 saturated carbocycles. The van der Waals surface area contributed by atoms with Crippen molar-refractivity contribution >= 4 is 39.7 Å². The Kier molecular flexibility index (Phi) is 4.48. The molecule has 4 aromatic rings. The first-order valence-electron chi connectivity index (χ1n) is 9.13. The van der Waals surface area contributed by atoms with Gasteiger partial charge < -0.3 is 5.32 Å². The minimum absolute atomic E-state index is 0.103. The van der Waals surface area contributed by atoms with Gasteiger partial charge in [0.2, 0.25) is 5.91 Å². The summed E-state index contributed by atoms with van der Waals surface area (Å²) in [5.74, 6) is 0.530. The average Bonchev–Trinajstić information content (AvgIpc) is 3.37. The van der Waals surface area contributed by atoms with Crippen LogP contribution in [-0.2, 0) is 4.79 Å². The number of para-hydroxylation sites is 1. The molecule has 0 bridgehead atoms. The number of thiazole rings is 1. The number of thioether (sulfide) groups is 1. The lowest BCUT2D eigenvalue weighted by molar-refractivity contribution is -0.116. The number of aromatic nitrogens is 4. The van der Waals surface area contributed by atoms with Crippen molar-refractivity contribution in [2.24, 2.45) is 0 Å². The minimum Gasteiger partial charge on any atom is -0.325 e. The summed E-state index contributed by atoms with van der Waals surface area (Å²) in [7, 11) is 0. The highest BCUT2D eigenvalue weighted by Crippen LogP contribution is 2.33. The van der Waals surface area contributed by atoms with Crippen LogP contribution in [0.4, 0.5) is 5.69 Å². The summed E-state index contributed by atoms with van der Waals surface area (Å²) in [6.45, 7) is 1.81. The average molecular weight is 424 g/mol. The molecule has 1 N–H and O–H groups in total. The number of anilines is 1. The Morgan fingerprint density at radius 2 is 2.17 bits per heavy atom. The number of aryl methyl sites for hydroxylation is 1. The maximum atomic E-state index is 12.8. The van der Waals surface area contributed by atoms with Gasteiger partial charge in [0.05, 0.1) is 17.4 Å². The number of carbonyl (C=O) groups is 1. The van der Waals surface area contributed by atoms with Crippen LogP contribution in [0.3, 0.4) is 0 Å². The highest BCUT2D eigenvalue weighted by atomic mass is 32.2. The first kappa shape index (κ1) is 18.1. The molecule has 0 saturated heterocycles. The van der Waals surface area contributed by atoms with Crippen LogP contribution in [0.15, 0.2) is 58.1 Å². The number of carbonyl (C=O) groups excluding carboxylic acids is 1. The Morgan fingerprint density at radius 1 is 1.31 bits per heavy atom. The van der Waals surface area contributed by atoms with Crippen molar-refractivity contribution in [1.82, 2.24) is 18.9 Å². The molecule has 4 heterocycles. The second-order valence-corrected chi connectivity index (χ2v) is 8.73. The summed E-state index contributed by atoms with van der Waals surface area (Å²) in [5.41, 5.74) is 2.99. The van der Waals surface area contributed by atoms with Gasteiger partial charge in [-0.3, -0.25) is 18.6 Å². The number of benzene rings is 1. The van der Waals surface area contributed by atoms with Crippen LogP contribution in [0.25, 0.3) is 16.2 Å². The van der Waals surface area contributed by atoms with E-state index in [9.17, 15) is 9.59 Å². The van der Waals surface area contributed by atoms with Crippen LogP contribution in [0, 0.1) is 6.92 Å². The van der Waals surface area contributed by atoms with Crippen LogP contribution >= 0.6 is 23.1 Å². The van der Waals surface area contributed by atoms with Gasteiger partial charge >= 0.3 is 0 Å². The smallest absolute Gasteiger partial charge is 0.254 e. The fourth-order valence-corrected chi connectivity index (χ4v) is 5.40. The van der Waals surface area contributed by atoms with E-state index >= 15 is 0 Å². The summed E-state index contributed by atoms with van der Waals surface area (Å²) in [5, 5.41) is 5.67. The molecule has 29 heavy (non-hydrogen) atoms. The maximum absolute atomic E-state index is 12.8. The number of nitrogens with zero attached hydrogens (tertiary/aromatic N) is 4. The van der Waals surface area contributed by atoms with E-state index in [1.165, 1.54) is 17.8 Å². The first-order valence-corrected chi connectivity index (χ1v) is 11.0. The molecule has 9 heteroatoms. The fraction of sp³-hybridized carbons (Fsp3) is 0.200. The summed E-state index contributed by atoms with van der Waals surface area (Å²) < 4.78 is 3.60. The molecule has 0 radical (unpaired) electrons. The van der Waals surface area contributed by atoms with Gasteiger partial charge in [0.25, 0.3) is 5.56 Å². The molecular formula is C20H17N5O2S2. The normalized spacial score (nSPS) is 15.6. The van der Waals surface area contributed by atoms with Crippen LogP contribution in [0.2, 0.25) is 0 Å². The minimum atomic E-state index is -0.194. The SMILES string of the molecule is Cc1cc(=O)n2c(n1)SC[C@H]2CC(=O)Nc1ccccc1-c1cn2ccsc2n1. The van der Waals surface area contributed by atoms with E-state index in [1.807, 2.05) is 46.4 Å². The molecule has 146 valence electrons. The van der Waals surface area contributed by atoms with Crippen molar-refractivity contribution in [2.45, 2.75) is 24.5 Å². The van der Waals surface area contributed by atoms with Gasteiger partial charge in [0, 0.05) is 47.3 Å². The molecule has 3 aromatic heterocycles. The van der Waals surface area contributed by atoms with Gasteiger partial charge in [-0.2, -0.15) is 0 Å². The highest BCUT2D eigenvalue weighted by molar-refractivity contribution is 7.99. The van der Waals surface area contributed by atoms with E-state index in [0.717, 1.165) is 16.2 Å². The van der Waals surface area contributed by atoms with Crippen molar-refractivity contribution in [3.05, 3.63) is 64.2 Å². The van der Waals surface area contributed by atoms with Crippen LogP contribution in [0.5, 0.6) is 0 Å². The number of nitrogens with one attached hydrogen (secondary N) is 1. The lowest BCUT2D eigenvalue weighted by Crippen LogP contribution is -2.27. The van der Waals surface area contributed by atoms with E-state index in [4.69, 9.17) is 0 Å². The summed E-state index contributed by atoms with van der Waals surface area (Å²) in [4.78, 5) is 35.1. The number of hydrogen-bond acceptors (Lipinski definition) is 6. The number of hydrogen-bond donors (Lipinski definition) is 1. The van der Waals surface area contributed by atoms with Crippen LogP contribution in [-0.4, -0.2) is 30.6 Å². The monoisotopic (exact) mass is 423 g/mol. The summed E-state index contributed by atoms with van der Waals surface area (Å²) in [6, 6.07) is 8.95. The lowest BCUT2D eigenvalue weighted by atomic mass is 10.1. The zero-order chi connectivity index (χ0) is 20.0. The molecule has 1 aliphatic heterocycles. The molecule has 0 fully saturated rings. The number of fused-ring (bicyclic) bond motifs is 2. The Bertz CT molecular complexity index is 1260. The Labute approximate surface area is 174 Å². The number of imidazole rings is 1. The Balaban J connectivity index is 1.38. The first-order chi connectivity index (χ1) is 14.1. The van der Waals surface area contributed by atoms with E-state index in [0.29, 0.717) is 22.3 Å². The fourth-order valence-electron chi connectivity index (χ4n) is 3.50. The zero-order valence-electron chi connectivity index (χ0n) is 15.5. The third kappa shape index (κ3) is 3.36. The van der Waals surface area contributed by atoms with Gasteiger partial charge in [-0.05, 0) is 13.0 Å². The highest BCUT2D eigenvalue weighted by Gasteiger charge is 2.27. The molecule has 7 nitrogen and oxygen atoms in total. The van der Waals surface area contributed by atoms with E-state index in [1.54, 1.807) is 22.8 Å². The maximum Gasteiger partial charge on any atom is 0.254 e. The Morgan fingerprint density at radius 3 is 3.03 bits per heavy atom. The lowest BCUT2D eigenvalue weighted by Gasteiger charge is -2.14. The third-order valence-electron chi connectivity index (χ3n) is 4.81. The van der Waals surface area contributed by atoms with Crippen molar-refractivity contribution in [3.63, 3.8) is 0 Å². The summed E-state index contributed by atoms with van der Waals surface area (Å²) in [6.07, 6.45) is 4.13. The number of rotatable bonds is 4. The molecule has 0 spiro atoms. The van der Waals surface area contributed by atoms with Gasteiger partial charge in [-0.15, -0.1) is 11.3 Å². The van der Waals surface area contributed by atoms with Gasteiger partial charge in [0.1, 0.15) is 0 Å². The van der Waals surface area contributed by atoms with Crippen molar-refractivity contribution in [2.75, 3.05) is 11.1 Å². The van der Waals surface area contributed by atoms with Crippen molar-refractivity contribution in [1.29, 1.82) is 0 Å². The number of amides is 1. The molecule has 1 amide bonds. The molecular weight excluding hydrogens is 406 g/mol. The quantitative estimate of drug-likeness (QED) is 0.507. The van der Waals surface area contributed by atoms with E-state index in [2.05, 4.69) is 15.3 Å². The van der Waals surface area contributed by atoms with Gasteiger partial charge in [-0.1, -0.05) is 30.0 Å². The van der Waals surface area contributed by atoms with Crippen LogP contribution in [0.1, 0.15) is 18.2 Å². The largest absolute Gasteiger partial charge is 0.325 e. The second-order valence-electron chi connectivity index (χ2n) is 6.87. The van der Waals surface area contributed by atoms with Gasteiger partial charge in [-0.25, -0.2) is 9.97 Å². The van der Waals surface area contributed by atoms with Crippen molar-refractivity contribution in [3.8, 4) is 11.3 Å². The predicted octanol–water partition coefficient (Wildman–Crippen LogP) is 3.60. The molecule has 5 rings (SSSR count). The topological polar surface area (TPSA) is 81.3 Å². The Hall–Kier alpha value is -2.91. The summed E-state index contributed by atoms with van der Waals surface area (Å²) >= 11 is 3.08. The van der Waals surface area contributed by atoms with E-state index in [-0.39, 0.29) is 23.9 Å². The van der Waals surface area contributed by atoms with Gasteiger partial charge in [0.15, 0.2) is 10.1 Å². The second kappa shape index (κ2) is 7.16. The molecule has 1 atom stereocenters. The standard InChI is InChI=1S/C20H17N5O2S2/c1-12-8-18(27)25-13(11-29-20(25)21-12)9-17(26)22-15-5-3-2-4-14(15)16-10-24-6-7-28-19(24)23-16/h2-8,10,13H,9,11H2,1H3,(H,22,26)/t13-/m1/s1. The zero-order valence-corrected chi connectivity index (χ0v) is 17.2. The van der Waals surface area contributed by atoms with Crippen molar-refractivity contribution < 1.29 is 4.79 Å². The molecule has 0 aliphatic carbocycles. The predicted molar refractivity (Wildman–Crippen MR) is 115 cm³/mol. The third-order valence-corrected chi connectivity index (χ3v) is 6.68. The molecule has 1 aliphatic rings. The van der Waals surface area contributed by atoms with Crippen LogP contribution < -0.4 is 10.9 Å². The van der Waals surface area contributed by atoms with E-state index < -0.39 is 0 Å². The molecule has 1 aromatic carbocycles. The molecule has 0 unspecified atom stereocenters.